The molecule has 0 saturated carbocycles. The second kappa shape index (κ2) is 8.74. The van der Waals surface area contributed by atoms with Crippen molar-refractivity contribution in [2.24, 2.45) is 0 Å². The number of aromatic nitrogens is 2. The van der Waals surface area contributed by atoms with Gasteiger partial charge in [-0.15, -0.1) is 24.8 Å². The van der Waals surface area contributed by atoms with Gasteiger partial charge in [-0.3, -0.25) is 8.87 Å². The van der Waals surface area contributed by atoms with Gasteiger partial charge in [-0.25, -0.2) is 4.98 Å². The number of hydrogen-bond donors (Lipinski definition) is 0. The quantitative estimate of drug-likeness (QED) is 0.859. The average Bonchev–Trinajstić information content (AvgIpc) is 2.84. The van der Waals surface area contributed by atoms with Crippen LogP contribution in [0.1, 0.15) is 0 Å². The molecule has 20 heavy (non-hydrogen) atoms. The fourth-order valence-electron chi connectivity index (χ4n) is 2.13. The molecule has 4 nitrogen and oxygen atoms in total. The van der Waals surface area contributed by atoms with E-state index in [4.69, 9.17) is 4.74 Å². The molecular weight excluding hydrogens is 317 g/mol. The smallest absolute Gasteiger partial charge is 0.106 e. The highest BCUT2D eigenvalue weighted by Crippen LogP contribution is 2.17. The van der Waals surface area contributed by atoms with Crippen LogP contribution in [0.25, 0.3) is 11.0 Å². The van der Waals surface area contributed by atoms with Crippen LogP contribution in [0.4, 0.5) is 0 Å². The summed E-state index contributed by atoms with van der Waals surface area (Å²) in [4.78, 5) is 6.85. The molecule has 1 aromatic carbocycles. The van der Waals surface area contributed by atoms with Gasteiger partial charge in [-0.1, -0.05) is 12.1 Å². The van der Waals surface area contributed by atoms with E-state index in [0.29, 0.717) is 0 Å². The number of fused-ring (bicyclic) bond motifs is 1. The van der Waals surface area contributed by atoms with Gasteiger partial charge >= 0.3 is 0 Å². The van der Waals surface area contributed by atoms with Crippen molar-refractivity contribution >= 4 is 47.8 Å². The standard InChI is InChI=1S/C13H17N3OS.2ClH/c1-2-4-13-12(3-1)14-11-16(13)18-10-7-15-5-8-17-9-6-15;;/h1-4,11H,5-10H2;2*1H. The molecule has 0 radical (unpaired) electrons. The molecule has 0 unspecified atom stereocenters. The Morgan fingerprint density at radius 3 is 2.70 bits per heavy atom. The van der Waals surface area contributed by atoms with Gasteiger partial charge in [0.05, 0.1) is 24.2 Å². The third-order valence-corrected chi connectivity index (χ3v) is 4.10. The summed E-state index contributed by atoms with van der Waals surface area (Å²) in [6.45, 7) is 4.98. The minimum atomic E-state index is 0. The van der Waals surface area contributed by atoms with Crippen molar-refractivity contribution in [1.82, 2.24) is 13.9 Å². The summed E-state index contributed by atoms with van der Waals surface area (Å²) in [6.07, 6.45) is 1.91. The maximum absolute atomic E-state index is 5.35. The lowest BCUT2D eigenvalue weighted by Crippen LogP contribution is -2.37. The molecule has 3 rings (SSSR count). The first-order valence-electron chi connectivity index (χ1n) is 6.29. The van der Waals surface area contributed by atoms with E-state index < -0.39 is 0 Å². The first kappa shape index (κ1) is 17.6. The van der Waals surface area contributed by atoms with Crippen LogP contribution in [-0.2, 0) is 4.74 Å². The number of morpholine rings is 1. The van der Waals surface area contributed by atoms with E-state index in [2.05, 4.69) is 26.0 Å². The van der Waals surface area contributed by atoms with Crippen molar-refractivity contribution in [3.8, 4) is 0 Å². The summed E-state index contributed by atoms with van der Waals surface area (Å²) >= 11 is 1.82. The number of ether oxygens (including phenoxy) is 1. The van der Waals surface area contributed by atoms with Crippen LogP contribution in [0.3, 0.4) is 0 Å². The largest absolute Gasteiger partial charge is 0.379 e. The number of rotatable bonds is 4. The normalized spacial score (nSPS) is 15.6. The van der Waals surface area contributed by atoms with Crippen LogP contribution in [0.5, 0.6) is 0 Å². The molecule has 0 N–H and O–H groups in total. The average molecular weight is 336 g/mol. The van der Waals surface area contributed by atoms with E-state index in [9.17, 15) is 0 Å². The number of halogens is 2. The Balaban J connectivity index is 0.000001000. The second-order valence-corrected chi connectivity index (χ2v) is 5.41. The minimum absolute atomic E-state index is 0. The molecule has 1 saturated heterocycles. The molecule has 1 aliphatic rings. The van der Waals surface area contributed by atoms with E-state index in [-0.39, 0.29) is 24.8 Å². The van der Waals surface area contributed by atoms with Gasteiger partial charge in [-0.2, -0.15) is 0 Å². The van der Waals surface area contributed by atoms with Crippen molar-refractivity contribution in [3.63, 3.8) is 0 Å². The number of benzene rings is 1. The van der Waals surface area contributed by atoms with E-state index in [1.54, 1.807) is 0 Å². The van der Waals surface area contributed by atoms with Crippen LogP contribution in [0, 0.1) is 0 Å². The van der Waals surface area contributed by atoms with Crippen LogP contribution >= 0.6 is 36.8 Å². The maximum atomic E-state index is 5.35. The van der Waals surface area contributed by atoms with E-state index in [1.807, 2.05) is 30.4 Å². The molecule has 2 heterocycles. The Morgan fingerprint density at radius 2 is 1.90 bits per heavy atom. The Bertz CT molecular complexity index is 517. The molecule has 1 aromatic heterocycles. The van der Waals surface area contributed by atoms with Crippen molar-refractivity contribution in [1.29, 1.82) is 0 Å². The highest BCUT2D eigenvalue weighted by molar-refractivity contribution is 7.98. The van der Waals surface area contributed by atoms with E-state index in [1.165, 1.54) is 5.52 Å². The van der Waals surface area contributed by atoms with Gasteiger partial charge < -0.3 is 4.74 Å². The van der Waals surface area contributed by atoms with Crippen LogP contribution in [0.15, 0.2) is 30.6 Å². The lowest BCUT2D eigenvalue weighted by atomic mass is 10.3. The highest BCUT2D eigenvalue weighted by Gasteiger charge is 2.10. The van der Waals surface area contributed by atoms with E-state index in [0.717, 1.165) is 44.1 Å². The van der Waals surface area contributed by atoms with Crippen LogP contribution in [-0.4, -0.2) is 52.5 Å². The molecule has 1 aliphatic heterocycles. The lowest BCUT2D eigenvalue weighted by Gasteiger charge is -2.26. The Hall–Kier alpha value is -0.460. The van der Waals surface area contributed by atoms with Gasteiger partial charge in [0.2, 0.25) is 0 Å². The molecule has 1 fully saturated rings. The monoisotopic (exact) mass is 335 g/mol. The number of hydrogen-bond acceptors (Lipinski definition) is 4. The zero-order valence-electron chi connectivity index (χ0n) is 11.1. The highest BCUT2D eigenvalue weighted by atomic mass is 35.5. The fraction of sp³-hybridized carbons (Fsp3) is 0.462. The summed E-state index contributed by atoms with van der Waals surface area (Å²) in [6, 6.07) is 8.25. The van der Waals surface area contributed by atoms with Gasteiger partial charge in [0.1, 0.15) is 6.33 Å². The first-order valence-corrected chi connectivity index (χ1v) is 7.23. The Kier molecular flexibility index (Phi) is 7.69. The Labute approximate surface area is 135 Å². The van der Waals surface area contributed by atoms with Gasteiger partial charge in [-0.05, 0) is 24.1 Å². The molecule has 0 amide bonds. The molecule has 0 spiro atoms. The number of para-hydroxylation sites is 2. The molecule has 0 atom stereocenters. The summed E-state index contributed by atoms with van der Waals surface area (Å²) in [5, 5.41) is 0. The van der Waals surface area contributed by atoms with E-state index >= 15 is 0 Å². The predicted octanol–water partition coefficient (Wildman–Crippen LogP) is 2.71. The number of imidazole rings is 1. The third kappa shape index (κ3) is 4.27. The predicted molar refractivity (Wildman–Crippen MR) is 89.3 cm³/mol. The van der Waals surface area contributed by atoms with Gasteiger partial charge in [0, 0.05) is 25.4 Å². The number of nitrogens with zero attached hydrogens (tertiary/aromatic N) is 3. The van der Waals surface area contributed by atoms with Gasteiger partial charge in [0.15, 0.2) is 0 Å². The topological polar surface area (TPSA) is 30.3 Å². The van der Waals surface area contributed by atoms with Crippen LogP contribution < -0.4 is 0 Å². The molecule has 7 heteroatoms. The Morgan fingerprint density at radius 1 is 1.15 bits per heavy atom. The van der Waals surface area contributed by atoms with Crippen molar-refractivity contribution in [2.45, 2.75) is 0 Å². The third-order valence-electron chi connectivity index (χ3n) is 3.16. The SMILES string of the molecule is Cl.Cl.c1ccc2c(c1)ncn2SCCN1CCOCC1. The zero-order chi connectivity index (χ0) is 12.2. The maximum Gasteiger partial charge on any atom is 0.106 e. The van der Waals surface area contributed by atoms with Crippen molar-refractivity contribution in [3.05, 3.63) is 30.6 Å². The fourth-order valence-corrected chi connectivity index (χ4v) is 3.08. The van der Waals surface area contributed by atoms with Gasteiger partial charge in [0.25, 0.3) is 0 Å². The zero-order valence-corrected chi connectivity index (χ0v) is 13.6. The summed E-state index contributed by atoms with van der Waals surface area (Å²) in [7, 11) is 0. The molecule has 112 valence electrons. The summed E-state index contributed by atoms with van der Waals surface area (Å²) < 4.78 is 7.51. The van der Waals surface area contributed by atoms with Crippen molar-refractivity contribution < 1.29 is 4.74 Å². The molecule has 2 aromatic rings. The summed E-state index contributed by atoms with van der Waals surface area (Å²) in [5.41, 5.74) is 2.26. The first-order chi connectivity index (χ1) is 8.93. The molecule has 0 aliphatic carbocycles. The van der Waals surface area contributed by atoms with Crippen molar-refractivity contribution in [2.75, 3.05) is 38.6 Å². The molecular formula is C13H19Cl2N3OS. The minimum Gasteiger partial charge on any atom is -0.379 e. The summed E-state index contributed by atoms with van der Waals surface area (Å²) in [5.74, 6) is 1.08. The second-order valence-electron chi connectivity index (χ2n) is 4.35. The lowest BCUT2D eigenvalue weighted by molar-refractivity contribution is 0.0410. The van der Waals surface area contributed by atoms with Crippen LogP contribution in [0.2, 0.25) is 0 Å². The molecule has 0 bridgehead atoms.